The normalized spacial score (nSPS) is 24.8. The van der Waals surface area contributed by atoms with Gasteiger partial charge in [0, 0.05) is 13.2 Å². The molecule has 0 N–H and O–H groups in total. The summed E-state index contributed by atoms with van der Waals surface area (Å²) in [4.78, 5) is 0. The molecule has 0 aromatic rings. The lowest BCUT2D eigenvalue weighted by atomic mass is 9.98. The van der Waals surface area contributed by atoms with Crippen LogP contribution in [0.3, 0.4) is 0 Å². The van der Waals surface area contributed by atoms with Gasteiger partial charge >= 0.3 is 0 Å². The predicted molar refractivity (Wildman–Crippen MR) is 47.7 cm³/mol. The summed E-state index contributed by atoms with van der Waals surface area (Å²) in [6.45, 7) is 4.36. The first-order valence-electron chi connectivity index (χ1n) is 4.97. The van der Waals surface area contributed by atoms with Gasteiger partial charge in [0.2, 0.25) is 0 Å². The summed E-state index contributed by atoms with van der Waals surface area (Å²) in [5, 5.41) is 0. The molecule has 1 heteroatoms. The van der Waals surface area contributed by atoms with E-state index in [2.05, 4.69) is 6.92 Å². The van der Waals surface area contributed by atoms with Crippen molar-refractivity contribution in [3.63, 3.8) is 0 Å². The quantitative estimate of drug-likeness (QED) is 0.524. The maximum absolute atomic E-state index is 5.45. The summed E-state index contributed by atoms with van der Waals surface area (Å²) < 4.78 is 5.45. The van der Waals surface area contributed by atoms with E-state index >= 15 is 0 Å². The van der Waals surface area contributed by atoms with Gasteiger partial charge in [0.25, 0.3) is 0 Å². The third-order valence-corrected chi connectivity index (χ3v) is 2.47. The highest BCUT2D eigenvalue weighted by Crippen LogP contribution is 2.16. The summed E-state index contributed by atoms with van der Waals surface area (Å²) >= 11 is 0. The van der Waals surface area contributed by atoms with Gasteiger partial charge in [-0.15, -0.1) is 0 Å². The Hall–Kier alpha value is -0.0400. The molecule has 11 heavy (non-hydrogen) atoms. The molecule has 0 aromatic carbocycles. The van der Waals surface area contributed by atoms with E-state index in [1.807, 2.05) is 0 Å². The Morgan fingerprint density at radius 2 is 1.45 bits per heavy atom. The Bertz CT molecular complexity index is 80.9. The van der Waals surface area contributed by atoms with Crippen LogP contribution in [0.4, 0.5) is 0 Å². The molecule has 1 nitrogen and oxygen atoms in total. The van der Waals surface area contributed by atoms with Gasteiger partial charge in [-0.1, -0.05) is 32.6 Å². The van der Waals surface area contributed by atoms with Crippen molar-refractivity contribution in [2.75, 3.05) is 13.2 Å². The van der Waals surface area contributed by atoms with Crippen LogP contribution in [-0.2, 0) is 4.74 Å². The van der Waals surface area contributed by atoms with Crippen molar-refractivity contribution < 1.29 is 4.74 Å². The molecule has 0 atom stereocenters. The molecule has 66 valence electrons. The summed E-state index contributed by atoms with van der Waals surface area (Å²) in [5.41, 5.74) is 0. The van der Waals surface area contributed by atoms with Crippen molar-refractivity contribution in [3.8, 4) is 0 Å². The number of rotatable bonds is 0. The second-order valence-corrected chi connectivity index (χ2v) is 3.71. The SMILES string of the molecule is CC1CCCCOCCCC1. The molecule has 1 aliphatic heterocycles. The minimum Gasteiger partial charge on any atom is -0.381 e. The zero-order valence-corrected chi connectivity index (χ0v) is 7.64. The lowest BCUT2D eigenvalue weighted by molar-refractivity contribution is 0.119. The molecule has 1 aliphatic rings. The van der Waals surface area contributed by atoms with E-state index in [1.54, 1.807) is 0 Å². The van der Waals surface area contributed by atoms with E-state index in [1.165, 1.54) is 38.5 Å². The van der Waals surface area contributed by atoms with Gasteiger partial charge in [0.15, 0.2) is 0 Å². The zero-order valence-electron chi connectivity index (χ0n) is 7.64. The molecule has 1 heterocycles. The van der Waals surface area contributed by atoms with E-state index < -0.39 is 0 Å². The first kappa shape index (κ1) is 9.05. The molecule has 1 fully saturated rings. The standard InChI is InChI=1S/C10H20O/c1-10-6-2-4-8-11-9-5-3-7-10/h10H,2-9H2,1H3. The maximum atomic E-state index is 5.45. The average molecular weight is 156 g/mol. The van der Waals surface area contributed by atoms with Crippen LogP contribution < -0.4 is 0 Å². The first-order chi connectivity index (χ1) is 5.39. The van der Waals surface area contributed by atoms with Crippen molar-refractivity contribution in [2.45, 2.75) is 45.4 Å². The summed E-state index contributed by atoms with van der Waals surface area (Å²) in [7, 11) is 0. The number of hydrogen-bond donors (Lipinski definition) is 0. The Kier molecular flexibility index (Phi) is 4.60. The van der Waals surface area contributed by atoms with Gasteiger partial charge in [-0.3, -0.25) is 0 Å². The molecular formula is C10H20O. The van der Waals surface area contributed by atoms with Crippen LogP contribution in [0.15, 0.2) is 0 Å². The Morgan fingerprint density at radius 1 is 0.909 bits per heavy atom. The minimum absolute atomic E-state index is 0.952. The van der Waals surface area contributed by atoms with Gasteiger partial charge in [-0.05, 0) is 18.8 Å². The van der Waals surface area contributed by atoms with Crippen LogP contribution >= 0.6 is 0 Å². The van der Waals surface area contributed by atoms with E-state index in [0.717, 1.165) is 19.1 Å². The Labute approximate surface area is 70.1 Å². The number of ether oxygens (including phenoxy) is 1. The second-order valence-electron chi connectivity index (χ2n) is 3.71. The molecule has 0 aromatic heterocycles. The van der Waals surface area contributed by atoms with E-state index in [4.69, 9.17) is 4.74 Å². The lowest BCUT2D eigenvalue weighted by Crippen LogP contribution is -2.03. The fourth-order valence-corrected chi connectivity index (χ4v) is 1.64. The average Bonchev–Trinajstić information content (AvgIpc) is 2.03. The molecule has 0 amide bonds. The summed E-state index contributed by atoms with van der Waals surface area (Å²) in [6, 6.07) is 0. The Balaban J connectivity index is 2.12. The van der Waals surface area contributed by atoms with E-state index in [9.17, 15) is 0 Å². The van der Waals surface area contributed by atoms with Crippen molar-refractivity contribution in [1.29, 1.82) is 0 Å². The smallest absolute Gasteiger partial charge is 0.0466 e. The van der Waals surface area contributed by atoms with Crippen molar-refractivity contribution in [2.24, 2.45) is 5.92 Å². The summed E-state index contributed by atoms with van der Waals surface area (Å²) in [6.07, 6.45) is 8.07. The monoisotopic (exact) mass is 156 g/mol. The summed E-state index contributed by atoms with van der Waals surface area (Å²) in [5.74, 6) is 0.952. The highest BCUT2D eigenvalue weighted by atomic mass is 16.5. The van der Waals surface area contributed by atoms with Gasteiger partial charge in [0.05, 0.1) is 0 Å². The van der Waals surface area contributed by atoms with Crippen LogP contribution in [-0.4, -0.2) is 13.2 Å². The molecule has 1 rings (SSSR count). The van der Waals surface area contributed by atoms with Gasteiger partial charge in [-0.25, -0.2) is 0 Å². The van der Waals surface area contributed by atoms with Crippen molar-refractivity contribution >= 4 is 0 Å². The van der Waals surface area contributed by atoms with E-state index in [-0.39, 0.29) is 0 Å². The largest absolute Gasteiger partial charge is 0.381 e. The highest BCUT2D eigenvalue weighted by Gasteiger charge is 2.03. The molecule has 0 aliphatic carbocycles. The van der Waals surface area contributed by atoms with Crippen LogP contribution in [0.2, 0.25) is 0 Å². The highest BCUT2D eigenvalue weighted by molar-refractivity contribution is 4.55. The van der Waals surface area contributed by atoms with Crippen LogP contribution in [0.25, 0.3) is 0 Å². The van der Waals surface area contributed by atoms with Crippen LogP contribution in [0, 0.1) is 5.92 Å². The fourth-order valence-electron chi connectivity index (χ4n) is 1.64. The molecule has 0 saturated carbocycles. The van der Waals surface area contributed by atoms with Crippen LogP contribution in [0.5, 0.6) is 0 Å². The molecule has 0 unspecified atom stereocenters. The zero-order chi connectivity index (χ0) is 7.94. The molecule has 1 saturated heterocycles. The molecule has 0 radical (unpaired) electrons. The minimum atomic E-state index is 0.952. The van der Waals surface area contributed by atoms with Crippen molar-refractivity contribution in [3.05, 3.63) is 0 Å². The third-order valence-electron chi connectivity index (χ3n) is 2.47. The molecule has 0 bridgehead atoms. The van der Waals surface area contributed by atoms with Crippen LogP contribution in [0.1, 0.15) is 45.4 Å². The lowest BCUT2D eigenvalue weighted by Gasteiger charge is -2.13. The first-order valence-corrected chi connectivity index (χ1v) is 4.97. The maximum Gasteiger partial charge on any atom is 0.0466 e. The third kappa shape index (κ3) is 4.41. The second kappa shape index (κ2) is 5.59. The molecular weight excluding hydrogens is 136 g/mol. The fraction of sp³-hybridized carbons (Fsp3) is 1.00. The molecule has 0 spiro atoms. The predicted octanol–water partition coefficient (Wildman–Crippen LogP) is 2.99. The van der Waals surface area contributed by atoms with Gasteiger partial charge < -0.3 is 4.74 Å². The van der Waals surface area contributed by atoms with Gasteiger partial charge in [-0.2, -0.15) is 0 Å². The topological polar surface area (TPSA) is 9.23 Å². The van der Waals surface area contributed by atoms with Gasteiger partial charge in [0.1, 0.15) is 0 Å². The van der Waals surface area contributed by atoms with Crippen molar-refractivity contribution in [1.82, 2.24) is 0 Å². The Morgan fingerprint density at radius 3 is 2.00 bits per heavy atom. The van der Waals surface area contributed by atoms with E-state index in [0.29, 0.717) is 0 Å². The number of hydrogen-bond acceptors (Lipinski definition) is 1.